The molecular formula is C91H154ClNaO18. The summed E-state index contributed by atoms with van der Waals surface area (Å²) < 4.78 is 89.3. The number of epoxide rings is 4. The molecule has 0 amide bonds. The van der Waals surface area contributed by atoms with Gasteiger partial charge in [-0.05, 0) is 91.9 Å². The largest absolute Gasteiger partial charge is 1.00 e. The SMILES string of the molecule is C1CO1.CC(C)(C)c1cc(O)c(C(C)(C)C)cc1O.CC(C)(C)c1cc(OCC2CO2)c(C(C)(C)C)cc1OCC1CO1.COCC(C)COc1cc(C(C)(C)C)c(OCC(C)COC)cc1C(C)(C)C.COCCOCC(C)COc1cc(C(C)(C)C)c(OCC(C)COCCOC)cc1C(C)(C)C.ClCC1CO1.[H-].[Na+]. The van der Waals surface area contributed by atoms with Crippen LogP contribution >= 0.6 is 11.6 Å². The maximum absolute atomic E-state index is 10.0. The molecule has 7 atom stereocenters. The number of halogens is 1. The molecule has 2 N–H and O–H groups in total. The Balaban J connectivity index is 0.000000731. The number of hydrogen-bond acceptors (Lipinski definition) is 18. The molecule has 4 aliphatic heterocycles. The van der Waals surface area contributed by atoms with Crippen molar-refractivity contribution in [1.29, 1.82) is 0 Å². The fourth-order valence-electron chi connectivity index (χ4n) is 11.1. The molecule has 0 bridgehead atoms. The van der Waals surface area contributed by atoms with Crippen molar-refractivity contribution in [3.05, 3.63) is 93.0 Å². The van der Waals surface area contributed by atoms with E-state index in [9.17, 15) is 10.2 Å². The Morgan fingerprint density at radius 3 is 0.721 bits per heavy atom. The molecule has 0 radical (unpaired) electrons. The second kappa shape index (κ2) is 47.5. The molecule has 4 aromatic rings. The molecule has 4 fully saturated rings. The summed E-state index contributed by atoms with van der Waals surface area (Å²) in [6, 6.07) is 16.4. The van der Waals surface area contributed by atoms with Crippen molar-refractivity contribution in [2.24, 2.45) is 23.7 Å². The molecule has 7 unspecified atom stereocenters. The Hall–Kier alpha value is -3.83. The Kier molecular flexibility index (Phi) is 44.2. The van der Waals surface area contributed by atoms with Crippen LogP contribution in [0.2, 0.25) is 0 Å². The number of hydrogen-bond donors (Lipinski definition) is 2. The van der Waals surface area contributed by atoms with E-state index in [1.54, 1.807) is 40.6 Å². The molecule has 4 aromatic carbocycles. The smallest absolute Gasteiger partial charge is 1.00 e. The summed E-state index contributed by atoms with van der Waals surface area (Å²) in [5.74, 6) is 8.02. The maximum atomic E-state index is 10.0. The summed E-state index contributed by atoms with van der Waals surface area (Å²) in [6.07, 6.45) is 0.898. The number of phenolic OH excluding ortho intramolecular Hbond substituents is 2. The third-order valence-electron chi connectivity index (χ3n) is 17.9. The quantitative estimate of drug-likeness (QED) is 0.0150. The number of aromatic hydroxyl groups is 2. The first kappa shape index (κ1) is 103. The summed E-state index contributed by atoms with van der Waals surface area (Å²) >= 11 is 5.27. The van der Waals surface area contributed by atoms with Crippen molar-refractivity contribution in [3.63, 3.8) is 0 Å². The monoisotopic (exact) mass is 1590 g/mol. The number of methoxy groups -OCH3 is 4. The molecule has 4 heterocycles. The van der Waals surface area contributed by atoms with Gasteiger partial charge in [0, 0.05) is 96.6 Å². The van der Waals surface area contributed by atoms with Gasteiger partial charge in [-0.25, -0.2) is 0 Å². The summed E-state index contributed by atoms with van der Waals surface area (Å²) in [6.45, 7) is 73.6. The molecular weight excluding hydrogens is 1440 g/mol. The van der Waals surface area contributed by atoms with Gasteiger partial charge in [0.15, 0.2) is 0 Å². The number of benzene rings is 4. The van der Waals surface area contributed by atoms with Gasteiger partial charge in [-0.3, -0.25) is 0 Å². The topological polar surface area (TPSA) is 201 Å². The van der Waals surface area contributed by atoms with Crippen molar-refractivity contribution in [3.8, 4) is 46.0 Å². The Labute approximate surface area is 702 Å². The minimum atomic E-state index is -0.169. The minimum absolute atomic E-state index is 0. The molecule has 0 spiro atoms. The Bertz CT molecular complexity index is 3070. The van der Waals surface area contributed by atoms with Gasteiger partial charge in [0.05, 0.1) is 124 Å². The number of phenols is 2. The third-order valence-corrected chi connectivity index (χ3v) is 18.3. The first-order valence-electron chi connectivity index (χ1n) is 39.9. The zero-order valence-electron chi connectivity index (χ0n) is 76.6. The van der Waals surface area contributed by atoms with Gasteiger partial charge in [0.25, 0.3) is 0 Å². The van der Waals surface area contributed by atoms with Crippen LogP contribution in [0.1, 0.15) is 240 Å². The molecule has 0 saturated carbocycles. The van der Waals surface area contributed by atoms with Crippen LogP contribution < -0.4 is 58.0 Å². The molecule has 18 nitrogen and oxygen atoms in total. The molecule has 4 saturated heterocycles. The fourth-order valence-corrected chi connectivity index (χ4v) is 11.3. The number of alkyl halides is 1. The maximum Gasteiger partial charge on any atom is 1.00 e. The first-order chi connectivity index (χ1) is 50.9. The molecule has 8 rings (SSSR count). The summed E-state index contributed by atoms with van der Waals surface area (Å²) in [5.41, 5.74) is 7.86. The summed E-state index contributed by atoms with van der Waals surface area (Å²) in [4.78, 5) is 0. The van der Waals surface area contributed by atoms with Gasteiger partial charge in [0.2, 0.25) is 0 Å². The molecule has 20 heteroatoms. The van der Waals surface area contributed by atoms with Crippen molar-refractivity contribution < 1.29 is 117 Å². The standard InChI is InChI=1S/C28H50O6.C24H42O4.C20H30O4.C14H22O2.C3H5ClO.C2H4O.Na.H/c1-21(17-31-13-11-29-9)19-33-25-15-24(28(6,7)8)26(16-23(25)27(3,4)5)34-20-22(2)18-32-14-12-30-10;1-17(13-25-9)15-27-21-11-20(24(6,7)8)22(12-19(21)23(3,4)5)28-16-18(2)14-26-10;1-19(2,3)15-7-18(24-12-14-10-22-14)16(20(4,5)6)8-17(15)23-11-13-9-21-13;1-13(2,3)9-7-12(16)10(8-11(9)15)14(4,5)6;4-1-3-2-5-3;1-2-3-1;;/h15-16,21-22H,11-14,17-20H2,1-10H3;11-12,17-18H,13-16H2,1-10H3;7-8,13-14H,9-12H2,1-6H3;7-8,15-16H,1-6H3;3H,1-2H2;1-2H2;;/q;;;;;;+1;-1. The molecule has 0 aromatic heterocycles. The van der Waals surface area contributed by atoms with Gasteiger partial charge in [0.1, 0.15) is 71.4 Å². The third kappa shape index (κ3) is 40.7. The van der Waals surface area contributed by atoms with Crippen LogP contribution in [0.15, 0.2) is 48.5 Å². The van der Waals surface area contributed by atoms with E-state index < -0.39 is 0 Å². The molecule has 4 aliphatic rings. The van der Waals surface area contributed by atoms with Crippen LogP contribution in [0.3, 0.4) is 0 Å². The number of ether oxygens (including phenoxy) is 16. The van der Waals surface area contributed by atoms with E-state index in [1.165, 1.54) is 22.3 Å². The van der Waals surface area contributed by atoms with Gasteiger partial charge < -0.3 is 87.4 Å². The van der Waals surface area contributed by atoms with Gasteiger partial charge in [-0.15, -0.1) is 11.6 Å². The van der Waals surface area contributed by atoms with Crippen molar-refractivity contribution in [2.45, 2.75) is 255 Å². The molecule has 0 aliphatic carbocycles. The average Bonchev–Trinajstić information content (AvgIpc) is 1.29. The first-order valence-corrected chi connectivity index (χ1v) is 40.4. The predicted molar refractivity (Wildman–Crippen MR) is 449 cm³/mol. The average molecular weight is 1590 g/mol. The Morgan fingerprint density at radius 1 is 0.333 bits per heavy atom. The predicted octanol–water partition coefficient (Wildman–Crippen LogP) is 16.5. The summed E-state index contributed by atoms with van der Waals surface area (Å²) in [7, 11) is 6.82. The fraction of sp³-hybridized carbons (Fsp3) is 0.736. The van der Waals surface area contributed by atoms with E-state index >= 15 is 0 Å². The van der Waals surface area contributed by atoms with E-state index in [4.69, 9.17) is 82.7 Å². The van der Waals surface area contributed by atoms with Crippen LogP contribution in [0, 0.1) is 23.7 Å². The van der Waals surface area contributed by atoms with Gasteiger partial charge in [-0.1, -0.05) is 194 Å². The van der Waals surface area contributed by atoms with E-state index in [-0.39, 0.29) is 110 Å². The van der Waals surface area contributed by atoms with Gasteiger partial charge >= 0.3 is 29.6 Å². The van der Waals surface area contributed by atoms with Gasteiger partial charge in [-0.2, -0.15) is 0 Å². The van der Waals surface area contributed by atoms with Crippen molar-refractivity contribution >= 4 is 11.6 Å². The summed E-state index contributed by atoms with van der Waals surface area (Å²) in [5, 5.41) is 20.0. The molecule has 111 heavy (non-hydrogen) atoms. The second-order valence-electron chi connectivity index (χ2n) is 38.4. The second-order valence-corrected chi connectivity index (χ2v) is 38.7. The van der Waals surface area contributed by atoms with Crippen LogP contribution in [0.25, 0.3) is 0 Å². The number of rotatable bonds is 33. The van der Waals surface area contributed by atoms with Crippen molar-refractivity contribution in [1.82, 2.24) is 0 Å². The van der Waals surface area contributed by atoms with Crippen LogP contribution in [-0.2, 0) is 90.7 Å². The zero-order chi connectivity index (χ0) is 83.4. The van der Waals surface area contributed by atoms with Crippen LogP contribution in [0.5, 0.6) is 46.0 Å². The van der Waals surface area contributed by atoms with Crippen molar-refractivity contribution in [2.75, 3.05) is 160 Å². The van der Waals surface area contributed by atoms with E-state index in [2.05, 4.69) is 193 Å². The zero-order valence-corrected chi connectivity index (χ0v) is 78.4. The Morgan fingerprint density at radius 2 is 0.550 bits per heavy atom. The normalized spacial score (nSPS) is 17.1. The molecule has 634 valence electrons. The minimum Gasteiger partial charge on any atom is -1.00 e. The van der Waals surface area contributed by atoms with E-state index in [0.29, 0.717) is 116 Å². The van der Waals surface area contributed by atoms with E-state index in [1.807, 2.05) is 41.5 Å². The van der Waals surface area contributed by atoms with Crippen LogP contribution in [-0.4, -0.2) is 188 Å². The van der Waals surface area contributed by atoms with E-state index in [0.717, 1.165) is 89.8 Å². The van der Waals surface area contributed by atoms with Crippen LogP contribution in [0.4, 0.5) is 0 Å².